The molecule has 0 unspecified atom stereocenters. The molecule has 0 aliphatic carbocycles. The Labute approximate surface area is 125 Å². The second-order valence-corrected chi connectivity index (χ2v) is 5.26. The van der Waals surface area contributed by atoms with E-state index in [1.165, 1.54) is 5.56 Å². The summed E-state index contributed by atoms with van der Waals surface area (Å²) >= 11 is 0. The van der Waals surface area contributed by atoms with Crippen molar-refractivity contribution in [1.82, 2.24) is 25.2 Å². The molecule has 6 nitrogen and oxygen atoms in total. The normalized spacial score (nSPS) is 12.3. The first-order valence-corrected chi connectivity index (χ1v) is 6.86. The van der Waals surface area contributed by atoms with Gasteiger partial charge < -0.3 is 4.52 Å². The molecule has 0 radical (unpaired) electrons. The maximum Gasteiger partial charge on any atom is 0.455 e. The molecule has 0 aromatic carbocycles. The van der Waals surface area contributed by atoms with Crippen LogP contribution in [0, 0.1) is 13.8 Å². The zero-order chi connectivity index (χ0) is 16.3. The number of nitrogens with one attached hydrogen (secondary N) is 1. The van der Waals surface area contributed by atoms with Gasteiger partial charge in [0.2, 0.25) is 5.89 Å². The standard InChI is InChI=1S/C13H18F3N5O/c1-8-10(9(2)19-18-8)5-4-6-21(3)7-11-17-12(20-22-11)13(14,15)16/h4-7H2,1-3H3,(H,18,19). The van der Waals surface area contributed by atoms with E-state index < -0.39 is 12.0 Å². The van der Waals surface area contributed by atoms with E-state index in [4.69, 9.17) is 0 Å². The number of halogens is 3. The fourth-order valence-corrected chi connectivity index (χ4v) is 2.21. The Morgan fingerprint density at radius 3 is 2.55 bits per heavy atom. The van der Waals surface area contributed by atoms with Crippen molar-refractivity contribution in [1.29, 1.82) is 0 Å². The fourth-order valence-electron chi connectivity index (χ4n) is 2.21. The number of rotatable bonds is 6. The van der Waals surface area contributed by atoms with Crippen LogP contribution < -0.4 is 0 Å². The first kappa shape index (κ1) is 16.5. The van der Waals surface area contributed by atoms with Crippen molar-refractivity contribution in [3.8, 4) is 0 Å². The number of H-pyrrole nitrogens is 1. The minimum absolute atomic E-state index is 0.0366. The number of alkyl halides is 3. The topological polar surface area (TPSA) is 70.8 Å². The molecule has 0 amide bonds. The summed E-state index contributed by atoms with van der Waals surface area (Å²) in [7, 11) is 1.80. The molecule has 0 aliphatic rings. The zero-order valence-electron chi connectivity index (χ0n) is 12.7. The van der Waals surface area contributed by atoms with E-state index in [2.05, 4.69) is 24.9 Å². The Balaban J connectivity index is 1.81. The van der Waals surface area contributed by atoms with Crippen LogP contribution in [-0.2, 0) is 19.1 Å². The van der Waals surface area contributed by atoms with Gasteiger partial charge >= 0.3 is 6.18 Å². The van der Waals surface area contributed by atoms with E-state index in [0.29, 0.717) is 6.54 Å². The Morgan fingerprint density at radius 2 is 2.00 bits per heavy atom. The molecule has 0 bridgehead atoms. The van der Waals surface area contributed by atoms with E-state index in [0.717, 1.165) is 24.2 Å². The Morgan fingerprint density at radius 1 is 1.27 bits per heavy atom. The maximum atomic E-state index is 12.4. The lowest BCUT2D eigenvalue weighted by Crippen LogP contribution is -2.20. The Bertz CT molecular complexity index is 600. The molecule has 0 fully saturated rings. The van der Waals surface area contributed by atoms with Gasteiger partial charge in [-0.25, -0.2) is 0 Å². The molecular formula is C13H18F3N5O. The molecule has 122 valence electrons. The van der Waals surface area contributed by atoms with Gasteiger partial charge in [-0.3, -0.25) is 10.00 Å². The van der Waals surface area contributed by atoms with Crippen molar-refractivity contribution < 1.29 is 17.7 Å². The average Bonchev–Trinajstić information content (AvgIpc) is 2.99. The molecule has 2 rings (SSSR count). The minimum Gasteiger partial charge on any atom is -0.338 e. The third kappa shape index (κ3) is 4.06. The third-order valence-electron chi connectivity index (χ3n) is 3.37. The summed E-state index contributed by atoms with van der Waals surface area (Å²) in [6, 6.07) is 0. The lowest BCUT2D eigenvalue weighted by Gasteiger charge is -2.13. The lowest BCUT2D eigenvalue weighted by atomic mass is 10.1. The summed E-state index contributed by atoms with van der Waals surface area (Å²) in [6.07, 6.45) is -2.86. The van der Waals surface area contributed by atoms with Crippen molar-refractivity contribution >= 4 is 0 Å². The van der Waals surface area contributed by atoms with Gasteiger partial charge in [0.1, 0.15) is 0 Å². The summed E-state index contributed by atoms with van der Waals surface area (Å²) in [5.74, 6) is -1.27. The van der Waals surface area contributed by atoms with E-state index in [9.17, 15) is 13.2 Å². The van der Waals surface area contributed by atoms with Crippen LogP contribution in [0.15, 0.2) is 4.52 Å². The maximum absolute atomic E-state index is 12.4. The van der Waals surface area contributed by atoms with Crippen molar-refractivity contribution in [3.63, 3.8) is 0 Å². The third-order valence-corrected chi connectivity index (χ3v) is 3.37. The summed E-state index contributed by atoms with van der Waals surface area (Å²) < 4.78 is 41.7. The van der Waals surface area contributed by atoms with Gasteiger partial charge in [0.25, 0.3) is 5.82 Å². The molecule has 22 heavy (non-hydrogen) atoms. The number of aromatic nitrogens is 4. The number of aryl methyl sites for hydroxylation is 2. The van der Waals surface area contributed by atoms with Crippen molar-refractivity contribution in [2.24, 2.45) is 0 Å². The van der Waals surface area contributed by atoms with Gasteiger partial charge in [0.15, 0.2) is 0 Å². The second kappa shape index (κ2) is 6.47. The monoisotopic (exact) mass is 317 g/mol. The number of nitrogens with zero attached hydrogens (tertiary/aromatic N) is 4. The molecule has 0 saturated heterocycles. The SMILES string of the molecule is Cc1n[nH]c(C)c1CCCN(C)Cc1nc(C(F)(F)F)no1. The smallest absolute Gasteiger partial charge is 0.338 e. The summed E-state index contributed by atoms with van der Waals surface area (Å²) in [4.78, 5) is 5.19. The zero-order valence-corrected chi connectivity index (χ0v) is 12.7. The van der Waals surface area contributed by atoms with Crippen LogP contribution in [0.25, 0.3) is 0 Å². The predicted molar refractivity (Wildman–Crippen MR) is 72.0 cm³/mol. The van der Waals surface area contributed by atoms with Gasteiger partial charge in [0, 0.05) is 5.69 Å². The molecule has 0 atom stereocenters. The van der Waals surface area contributed by atoms with E-state index >= 15 is 0 Å². The van der Waals surface area contributed by atoms with Crippen LogP contribution in [-0.4, -0.2) is 38.8 Å². The van der Waals surface area contributed by atoms with Gasteiger partial charge in [-0.15, -0.1) is 0 Å². The van der Waals surface area contributed by atoms with Gasteiger partial charge in [-0.05, 0) is 45.8 Å². The number of aromatic amines is 1. The highest BCUT2D eigenvalue weighted by Crippen LogP contribution is 2.26. The van der Waals surface area contributed by atoms with Gasteiger partial charge in [-0.1, -0.05) is 5.16 Å². The van der Waals surface area contributed by atoms with E-state index in [1.54, 1.807) is 7.05 Å². The second-order valence-electron chi connectivity index (χ2n) is 5.26. The molecule has 0 saturated carbocycles. The van der Waals surface area contributed by atoms with Crippen LogP contribution in [0.5, 0.6) is 0 Å². The molecule has 0 aliphatic heterocycles. The first-order chi connectivity index (χ1) is 10.3. The lowest BCUT2D eigenvalue weighted by molar-refractivity contribution is -0.146. The van der Waals surface area contributed by atoms with Crippen LogP contribution in [0.2, 0.25) is 0 Å². The fraction of sp³-hybridized carbons (Fsp3) is 0.615. The summed E-state index contributed by atoms with van der Waals surface area (Å²) in [5, 5.41) is 9.99. The van der Waals surface area contributed by atoms with E-state index in [-0.39, 0.29) is 12.4 Å². The van der Waals surface area contributed by atoms with Crippen LogP contribution in [0.3, 0.4) is 0 Å². The predicted octanol–water partition coefficient (Wildman–Crippen LogP) is 2.49. The molecule has 2 heterocycles. The number of hydrogen-bond donors (Lipinski definition) is 1. The minimum atomic E-state index is -4.57. The molecular weight excluding hydrogens is 299 g/mol. The Kier molecular flexibility index (Phi) is 4.84. The van der Waals surface area contributed by atoms with E-state index in [1.807, 2.05) is 18.7 Å². The highest BCUT2D eigenvalue weighted by atomic mass is 19.4. The van der Waals surface area contributed by atoms with Crippen LogP contribution in [0.1, 0.15) is 35.1 Å². The summed E-state index contributed by atoms with van der Waals surface area (Å²) in [5.41, 5.74) is 3.21. The largest absolute Gasteiger partial charge is 0.455 e. The van der Waals surface area contributed by atoms with Crippen molar-refractivity contribution in [2.45, 2.75) is 39.4 Å². The first-order valence-electron chi connectivity index (χ1n) is 6.86. The van der Waals surface area contributed by atoms with Gasteiger partial charge in [-0.2, -0.15) is 23.3 Å². The Hall–Kier alpha value is -1.90. The van der Waals surface area contributed by atoms with Crippen LogP contribution in [0.4, 0.5) is 13.2 Å². The highest BCUT2D eigenvalue weighted by Gasteiger charge is 2.37. The average molecular weight is 317 g/mol. The molecule has 1 N–H and O–H groups in total. The van der Waals surface area contributed by atoms with Crippen LogP contribution >= 0.6 is 0 Å². The molecule has 2 aromatic rings. The van der Waals surface area contributed by atoms with Gasteiger partial charge in [0.05, 0.1) is 12.2 Å². The highest BCUT2D eigenvalue weighted by molar-refractivity contribution is 5.23. The molecule has 9 heteroatoms. The summed E-state index contributed by atoms with van der Waals surface area (Å²) in [6.45, 7) is 4.80. The number of hydrogen-bond acceptors (Lipinski definition) is 5. The molecule has 0 spiro atoms. The quantitative estimate of drug-likeness (QED) is 0.886. The van der Waals surface area contributed by atoms with Crippen molar-refractivity contribution in [2.75, 3.05) is 13.6 Å². The molecule has 2 aromatic heterocycles. The van der Waals surface area contributed by atoms with Crippen molar-refractivity contribution in [3.05, 3.63) is 28.7 Å².